The largest absolute Gasteiger partial charge is 0.356 e. The molecule has 1 aromatic heterocycles. The first-order valence-corrected chi connectivity index (χ1v) is 6.54. The molecular weight excluding hydrogens is 302 g/mol. The molecule has 5 heteroatoms. The van der Waals surface area contributed by atoms with E-state index in [1.807, 2.05) is 42.8 Å². The number of aromatic nitrogens is 2. The minimum Gasteiger partial charge on any atom is -0.356 e. The molecule has 0 atom stereocenters. The van der Waals surface area contributed by atoms with Crippen LogP contribution in [0.25, 0.3) is 5.69 Å². The summed E-state index contributed by atoms with van der Waals surface area (Å²) in [7, 11) is 0. The number of aryl methyl sites for hydroxylation is 1. The Bertz CT molecular complexity index is 537. The van der Waals surface area contributed by atoms with E-state index in [0.29, 0.717) is 5.02 Å². The summed E-state index contributed by atoms with van der Waals surface area (Å²) in [6, 6.07) is 5.70. The molecule has 90 valence electrons. The number of nitrogens with one attached hydrogen (secondary N) is 1. The van der Waals surface area contributed by atoms with Gasteiger partial charge < -0.3 is 5.32 Å². The van der Waals surface area contributed by atoms with E-state index in [2.05, 4.69) is 26.2 Å². The van der Waals surface area contributed by atoms with E-state index < -0.39 is 0 Å². The third kappa shape index (κ3) is 2.64. The summed E-state index contributed by atoms with van der Waals surface area (Å²) >= 11 is 9.55. The van der Waals surface area contributed by atoms with Crippen LogP contribution in [0.2, 0.25) is 5.02 Å². The topological polar surface area (TPSA) is 29.9 Å². The molecule has 3 nitrogen and oxygen atoms in total. The number of anilines is 1. The van der Waals surface area contributed by atoms with Crippen molar-refractivity contribution in [1.82, 2.24) is 9.55 Å². The van der Waals surface area contributed by atoms with Gasteiger partial charge in [-0.2, -0.15) is 0 Å². The average molecular weight is 315 g/mol. The zero-order valence-corrected chi connectivity index (χ0v) is 12.0. The lowest BCUT2D eigenvalue weighted by atomic mass is 10.3. The molecule has 0 radical (unpaired) electrons. The Morgan fingerprint density at radius 3 is 2.94 bits per heavy atom. The standard InChI is InChI=1S/C12H13BrClN3/c1-3-15-12-16-8(2)7-17(12)11-6-9(14)4-5-10(11)13/h4-7H,3H2,1-2H3,(H,15,16). The molecule has 0 amide bonds. The minimum absolute atomic E-state index is 0.706. The molecule has 0 spiro atoms. The van der Waals surface area contributed by atoms with E-state index in [9.17, 15) is 0 Å². The monoisotopic (exact) mass is 313 g/mol. The third-order valence-electron chi connectivity index (χ3n) is 2.33. The zero-order chi connectivity index (χ0) is 12.4. The maximum absolute atomic E-state index is 6.03. The average Bonchev–Trinajstić information content (AvgIpc) is 2.64. The fourth-order valence-electron chi connectivity index (χ4n) is 1.63. The second kappa shape index (κ2) is 5.10. The highest BCUT2D eigenvalue weighted by molar-refractivity contribution is 9.10. The first kappa shape index (κ1) is 12.5. The van der Waals surface area contributed by atoms with Gasteiger partial charge in [0.15, 0.2) is 0 Å². The van der Waals surface area contributed by atoms with Gasteiger partial charge >= 0.3 is 0 Å². The molecule has 1 aromatic carbocycles. The molecular formula is C12H13BrClN3. The van der Waals surface area contributed by atoms with Crippen molar-refractivity contribution in [2.75, 3.05) is 11.9 Å². The first-order valence-electron chi connectivity index (χ1n) is 5.37. The Labute approximate surface area is 114 Å². The van der Waals surface area contributed by atoms with Gasteiger partial charge in [-0.3, -0.25) is 4.57 Å². The van der Waals surface area contributed by atoms with Crippen molar-refractivity contribution in [3.8, 4) is 5.69 Å². The number of benzene rings is 1. The van der Waals surface area contributed by atoms with Gasteiger partial charge in [0.05, 0.1) is 11.4 Å². The van der Waals surface area contributed by atoms with Crippen LogP contribution in [0, 0.1) is 6.92 Å². The van der Waals surface area contributed by atoms with Gasteiger partial charge in [0.1, 0.15) is 0 Å². The number of hydrogen-bond donors (Lipinski definition) is 1. The quantitative estimate of drug-likeness (QED) is 0.927. The normalized spacial score (nSPS) is 10.6. The maximum Gasteiger partial charge on any atom is 0.207 e. The molecule has 0 saturated heterocycles. The molecule has 0 aliphatic rings. The van der Waals surface area contributed by atoms with Crippen molar-refractivity contribution in [2.45, 2.75) is 13.8 Å². The molecule has 0 aliphatic carbocycles. The Balaban J connectivity index is 2.55. The van der Waals surface area contributed by atoms with Crippen LogP contribution in [0.3, 0.4) is 0 Å². The highest BCUT2D eigenvalue weighted by atomic mass is 79.9. The van der Waals surface area contributed by atoms with E-state index in [1.165, 1.54) is 0 Å². The second-order valence-electron chi connectivity index (χ2n) is 3.70. The molecule has 2 rings (SSSR count). The SMILES string of the molecule is CCNc1nc(C)cn1-c1cc(Cl)ccc1Br. The summed E-state index contributed by atoms with van der Waals surface area (Å²) in [4.78, 5) is 4.44. The van der Waals surface area contributed by atoms with E-state index in [0.717, 1.165) is 28.3 Å². The van der Waals surface area contributed by atoms with Crippen molar-refractivity contribution in [3.63, 3.8) is 0 Å². The number of imidazole rings is 1. The zero-order valence-electron chi connectivity index (χ0n) is 9.67. The predicted octanol–water partition coefficient (Wildman–Crippen LogP) is 4.03. The lowest BCUT2D eigenvalue weighted by Crippen LogP contribution is -2.05. The third-order valence-corrected chi connectivity index (χ3v) is 3.23. The Morgan fingerprint density at radius 2 is 2.24 bits per heavy atom. The first-order chi connectivity index (χ1) is 8.11. The number of rotatable bonds is 3. The molecule has 2 aromatic rings. The van der Waals surface area contributed by atoms with E-state index in [1.54, 1.807) is 0 Å². The summed E-state index contributed by atoms with van der Waals surface area (Å²) in [5, 5.41) is 3.94. The molecule has 0 aliphatic heterocycles. The summed E-state index contributed by atoms with van der Waals surface area (Å²) in [6.45, 7) is 4.84. The van der Waals surface area contributed by atoms with Crippen LogP contribution < -0.4 is 5.32 Å². The molecule has 17 heavy (non-hydrogen) atoms. The summed E-state index contributed by atoms with van der Waals surface area (Å²) in [6.07, 6.45) is 1.98. The Kier molecular flexibility index (Phi) is 3.74. The van der Waals surface area contributed by atoms with Crippen molar-refractivity contribution in [2.24, 2.45) is 0 Å². The number of nitrogens with zero attached hydrogens (tertiary/aromatic N) is 2. The summed E-state index contributed by atoms with van der Waals surface area (Å²) in [5.74, 6) is 0.827. The van der Waals surface area contributed by atoms with Crippen LogP contribution in [-0.2, 0) is 0 Å². The van der Waals surface area contributed by atoms with E-state index in [-0.39, 0.29) is 0 Å². The number of hydrogen-bond acceptors (Lipinski definition) is 2. The molecule has 0 saturated carbocycles. The van der Waals surface area contributed by atoms with Crippen LogP contribution >= 0.6 is 27.5 Å². The van der Waals surface area contributed by atoms with Gasteiger partial charge in [-0.05, 0) is 48.0 Å². The maximum atomic E-state index is 6.03. The number of halogens is 2. The van der Waals surface area contributed by atoms with E-state index in [4.69, 9.17) is 11.6 Å². The van der Waals surface area contributed by atoms with Crippen molar-refractivity contribution in [1.29, 1.82) is 0 Å². The molecule has 0 unspecified atom stereocenters. The van der Waals surface area contributed by atoms with Gasteiger partial charge in [-0.1, -0.05) is 11.6 Å². The van der Waals surface area contributed by atoms with Gasteiger partial charge in [-0.15, -0.1) is 0 Å². The molecule has 0 fully saturated rings. The van der Waals surface area contributed by atoms with Gasteiger partial charge in [0.25, 0.3) is 0 Å². The minimum atomic E-state index is 0.706. The van der Waals surface area contributed by atoms with Gasteiger partial charge in [-0.25, -0.2) is 4.98 Å². The summed E-state index contributed by atoms with van der Waals surface area (Å²) in [5.41, 5.74) is 1.95. The van der Waals surface area contributed by atoms with Crippen LogP contribution in [0.15, 0.2) is 28.9 Å². The summed E-state index contributed by atoms with van der Waals surface area (Å²) < 4.78 is 2.98. The van der Waals surface area contributed by atoms with Gasteiger partial charge in [0.2, 0.25) is 5.95 Å². The molecule has 0 bridgehead atoms. The lowest BCUT2D eigenvalue weighted by Gasteiger charge is -2.10. The molecule has 1 N–H and O–H groups in total. The van der Waals surface area contributed by atoms with Crippen molar-refractivity contribution < 1.29 is 0 Å². The van der Waals surface area contributed by atoms with Crippen molar-refractivity contribution in [3.05, 3.63) is 39.6 Å². The highest BCUT2D eigenvalue weighted by Gasteiger charge is 2.10. The van der Waals surface area contributed by atoms with Gasteiger partial charge in [0, 0.05) is 22.2 Å². The Hall–Kier alpha value is -1.000. The fraction of sp³-hybridized carbons (Fsp3) is 0.250. The van der Waals surface area contributed by atoms with Crippen LogP contribution in [0.1, 0.15) is 12.6 Å². The van der Waals surface area contributed by atoms with Crippen molar-refractivity contribution >= 4 is 33.5 Å². The van der Waals surface area contributed by atoms with Crippen LogP contribution in [-0.4, -0.2) is 16.1 Å². The smallest absolute Gasteiger partial charge is 0.207 e. The predicted molar refractivity (Wildman–Crippen MR) is 75.2 cm³/mol. The second-order valence-corrected chi connectivity index (χ2v) is 4.99. The van der Waals surface area contributed by atoms with E-state index >= 15 is 0 Å². The van der Waals surface area contributed by atoms with Crippen LogP contribution in [0.5, 0.6) is 0 Å². The van der Waals surface area contributed by atoms with Crippen LogP contribution in [0.4, 0.5) is 5.95 Å². The lowest BCUT2D eigenvalue weighted by molar-refractivity contribution is 1.02. The highest BCUT2D eigenvalue weighted by Crippen LogP contribution is 2.27. The molecule has 1 heterocycles. The Morgan fingerprint density at radius 1 is 1.47 bits per heavy atom. The fourth-order valence-corrected chi connectivity index (χ4v) is 2.24.